The molecular formula is C16H22N2O2. The standard InChI is InChI=1S/C16H22N2O2/c1-19-13-14-5-7-18(8-6-14)9-10-20-16-4-2-3-15(11-16)12-17/h2-4,11,14H,5-10,13H2,1H3. The monoisotopic (exact) mass is 274 g/mol. The molecule has 0 amide bonds. The van der Waals surface area contributed by atoms with Gasteiger partial charge in [0.05, 0.1) is 11.6 Å². The third kappa shape index (κ3) is 4.52. The Morgan fingerprint density at radius 2 is 2.15 bits per heavy atom. The lowest BCUT2D eigenvalue weighted by atomic mass is 9.98. The van der Waals surface area contributed by atoms with E-state index in [9.17, 15) is 0 Å². The number of hydrogen-bond donors (Lipinski definition) is 0. The van der Waals surface area contributed by atoms with Gasteiger partial charge in [0.15, 0.2) is 0 Å². The highest BCUT2D eigenvalue weighted by molar-refractivity contribution is 5.36. The van der Waals surface area contributed by atoms with E-state index in [0.717, 1.165) is 32.0 Å². The van der Waals surface area contributed by atoms with Crippen molar-refractivity contribution in [3.63, 3.8) is 0 Å². The van der Waals surface area contributed by atoms with Crippen LogP contribution < -0.4 is 4.74 Å². The van der Waals surface area contributed by atoms with Crippen molar-refractivity contribution in [2.24, 2.45) is 5.92 Å². The van der Waals surface area contributed by atoms with Crippen LogP contribution in [0.1, 0.15) is 18.4 Å². The molecule has 0 radical (unpaired) electrons. The lowest BCUT2D eigenvalue weighted by Gasteiger charge is -2.31. The van der Waals surface area contributed by atoms with Gasteiger partial charge < -0.3 is 9.47 Å². The summed E-state index contributed by atoms with van der Waals surface area (Å²) in [5.74, 6) is 1.49. The highest BCUT2D eigenvalue weighted by Gasteiger charge is 2.18. The van der Waals surface area contributed by atoms with Gasteiger partial charge in [-0.25, -0.2) is 0 Å². The molecule has 20 heavy (non-hydrogen) atoms. The van der Waals surface area contributed by atoms with E-state index >= 15 is 0 Å². The van der Waals surface area contributed by atoms with Crippen molar-refractivity contribution in [3.8, 4) is 11.8 Å². The van der Waals surface area contributed by atoms with E-state index < -0.39 is 0 Å². The zero-order chi connectivity index (χ0) is 14.2. The molecule has 1 fully saturated rings. The third-order valence-electron chi connectivity index (χ3n) is 3.75. The van der Waals surface area contributed by atoms with Crippen molar-refractivity contribution < 1.29 is 9.47 Å². The first-order valence-corrected chi connectivity index (χ1v) is 7.16. The van der Waals surface area contributed by atoms with Gasteiger partial charge in [-0.15, -0.1) is 0 Å². The lowest BCUT2D eigenvalue weighted by molar-refractivity contribution is 0.0928. The van der Waals surface area contributed by atoms with E-state index in [4.69, 9.17) is 14.7 Å². The van der Waals surface area contributed by atoms with Gasteiger partial charge in [-0.3, -0.25) is 4.90 Å². The second-order valence-electron chi connectivity index (χ2n) is 5.23. The maximum Gasteiger partial charge on any atom is 0.120 e. The van der Waals surface area contributed by atoms with E-state index in [1.807, 2.05) is 12.1 Å². The fourth-order valence-electron chi connectivity index (χ4n) is 2.56. The zero-order valence-electron chi connectivity index (χ0n) is 12.0. The predicted octanol–water partition coefficient (Wildman–Crippen LogP) is 2.30. The average molecular weight is 274 g/mol. The number of ether oxygens (including phenoxy) is 2. The van der Waals surface area contributed by atoms with Crippen LogP contribution in [-0.4, -0.2) is 44.9 Å². The van der Waals surface area contributed by atoms with E-state index in [2.05, 4.69) is 11.0 Å². The van der Waals surface area contributed by atoms with Crippen LogP contribution in [0.3, 0.4) is 0 Å². The number of hydrogen-bond acceptors (Lipinski definition) is 4. The molecule has 1 aliphatic heterocycles. The molecule has 108 valence electrons. The van der Waals surface area contributed by atoms with Gasteiger partial charge >= 0.3 is 0 Å². The molecule has 0 bridgehead atoms. The van der Waals surface area contributed by atoms with Crippen molar-refractivity contribution >= 4 is 0 Å². The molecule has 0 atom stereocenters. The average Bonchev–Trinajstić information content (AvgIpc) is 2.50. The summed E-state index contributed by atoms with van der Waals surface area (Å²) in [6.45, 7) is 4.73. The summed E-state index contributed by atoms with van der Waals surface area (Å²) < 4.78 is 10.9. The maximum atomic E-state index is 8.84. The fraction of sp³-hybridized carbons (Fsp3) is 0.562. The molecule has 4 nitrogen and oxygen atoms in total. The molecule has 1 aromatic carbocycles. The molecular weight excluding hydrogens is 252 g/mol. The Kier molecular flexibility index (Phi) is 5.85. The van der Waals surface area contributed by atoms with Crippen molar-refractivity contribution in [1.29, 1.82) is 5.26 Å². The second-order valence-corrected chi connectivity index (χ2v) is 5.23. The summed E-state index contributed by atoms with van der Waals surface area (Å²) in [6.07, 6.45) is 2.41. The van der Waals surface area contributed by atoms with E-state index in [0.29, 0.717) is 18.1 Å². The molecule has 0 spiro atoms. The molecule has 1 aromatic rings. The third-order valence-corrected chi connectivity index (χ3v) is 3.75. The van der Waals surface area contributed by atoms with E-state index in [-0.39, 0.29) is 0 Å². The molecule has 2 rings (SSSR count). The first kappa shape index (κ1) is 14.8. The first-order chi connectivity index (χ1) is 9.81. The van der Waals surface area contributed by atoms with Crippen LogP contribution >= 0.6 is 0 Å². The normalized spacial score (nSPS) is 16.8. The topological polar surface area (TPSA) is 45.5 Å². The summed E-state index contributed by atoms with van der Waals surface area (Å²) >= 11 is 0. The molecule has 0 saturated carbocycles. The Labute approximate surface area is 120 Å². The number of piperidine rings is 1. The molecule has 1 heterocycles. The van der Waals surface area contributed by atoms with E-state index in [1.165, 1.54) is 12.8 Å². The Bertz CT molecular complexity index is 448. The minimum Gasteiger partial charge on any atom is -0.492 e. The van der Waals surface area contributed by atoms with Crippen molar-refractivity contribution in [3.05, 3.63) is 29.8 Å². The summed E-state index contributed by atoms with van der Waals surface area (Å²) in [5, 5.41) is 8.84. The minimum absolute atomic E-state index is 0.642. The van der Waals surface area contributed by atoms with Gasteiger partial charge in [-0.2, -0.15) is 5.26 Å². The summed E-state index contributed by atoms with van der Waals surface area (Å²) in [6, 6.07) is 9.44. The van der Waals surface area contributed by atoms with Crippen molar-refractivity contribution in [2.75, 3.05) is 40.0 Å². The van der Waals surface area contributed by atoms with Gasteiger partial charge in [0.1, 0.15) is 12.4 Å². The first-order valence-electron chi connectivity index (χ1n) is 7.16. The number of nitriles is 1. The van der Waals surface area contributed by atoms with Crippen LogP contribution in [0.2, 0.25) is 0 Å². The Hall–Kier alpha value is -1.57. The molecule has 1 saturated heterocycles. The van der Waals surface area contributed by atoms with Crippen LogP contribution in [-0.2, 0) is 4.74 Å². The van der Waals surface area contributed by atoms with Crippen molar-refractivity contribution in [1.82, 2.24) is 4.90 Å². The molecule has 4 heteroatoms. The fourth-order valence-corrected chi connectivity index (χ4v) is 2.56. The number of likely N-dealkylation sites (tertiary alicyclic amines) is 1. The van der Waals surface area contributed by atoms with Gasteiger partial charge in [0, 0.05) is 20.3 Å². The van der Waals surface area contributed by atoms with E-state index in [1.54, 1.807) is 19.2 Å². The Morgan fingerprint density at radius 1 is 1.35 bits per heavy atom. The predicted molar refractivity (Wildman–Crippen MR) is 77.7 cm³/mol. The lowest BCUT2D eigenvalue weighted by Crippen LogP contribution is -2.37. The number of benzene rings is 1. The van der Waals surface area contributed by atoms with Crippen LogP contribution in [0.15, 0.2) is 24.3 Å². The molecule has 0 N–H and O–H groups in total. The van der Waals surface area contributed by atoms with Crippen LogP contribution in [0.5, 0.6) is 5.75 Å². The Balaban J connectivity index is 1.68. The SMILES string of the molecule is COCC1CCN(CCOc2cccc(C#N)c2)CC1. The highest BCUT2D eigenvalue weighted by atomic mass is 16.5. The van der Waals surface area contributed by atoms with Crippen molar-refractivity contribution in [2.45, 2.75) is 12.8 Å². The zero-order valence-corrected chi connectivity index (χ0v) is 12.0. The van der Waals surface area contributed by atoms with Gasteiger partial charge in [0.2, 0.25) is 0 Å². The molecule has 1 aliphatic rings. The molecule has 0 unspecified atom stereocenters. The van der Waals surface area contributed by atoms with Gasteiger partial charge in [-0.1, -0.05) is 6.07 Å². The number of rotatable bonds is 6. The quantitative estimate of drug-likeness (QED) is 0.798. The van der Waals surface area contributed by atoms with Crippen LogP contribution in [0.25, 0.3) is 0 Å². The summed E-state index contributed by atoms with van der Waals surface area (Å²) in [4.78, 5) is 2.43. The highest BCUT2D eigenvalue weighted by Crippen LogP contribution is 2.17. The number of nitrogens with zero attached hydrogens (tertiary/aromatic N) is 2. The largest absolute Gasteiger partial charge is 0.492 e. The Morgan fingerprint density at radius 3 is 2.85 bits per heavy atom. The van der Waals surface area contributed by atoms with Gasteiger partial charge in [-0.05, 0) is 50.0 Å². The number of methoxy groups -OCH3 is 1. The smallest absolute Gasteiger partial charge is 0.120 e. The van der Waals surface area contributed by atoms with Crippen LogP contribution in [0.4, 0.5) is 0 Å². The second kappa shape index (κ2) is 7.88. The molecule has 0 aliphatic carbocycles. The summed E-state index contributed by atoms with van der Waals surface area (Å²) in [7, 11) is 1.77. The van der Waals surface area contributed by atoms with Gasteiger partial charge in [0.25, 0.3) is 0 Å². The minimum atomic E-state index is 0.642. The van der Waals surface area contributed by atoms with Crippen LogP contribution in [0, 0.1) is 17.2 Å². The molecule has 0 aromatic heterocycles. The summed E-state index contributed by atoms with van der Waals surface area (Å²) in [5.41, 5.74) is 0.642. The maximum absolute atomic E-state index is 8.84.